The van der Waals surface area contributed by atoms with Gasteiger partial charge in [0.05, 0.1) is 24.8 Å². The minimum atomic E-state index is -0.416. The minimum Gasteiger partial charge on any atom is -0.491 e. The zero-order chi connectivity index (χ0) is 15.2. The number of benzene rings is 1. The molecule has 1 fully saturated rings. The average molecular weight is 291 g/mol. The van der Waals surface area contributed by atoms with Crippen LogP contribution in [0.25, 0.3) is 0 Å². The van der Waals surface area contributed by atoms with Gasteiger partial charge in [-0.2, -0.15) is 0 Å². The molecular weight excluding hydrogens is 270 g/mol. The van der Waals surface area contributed by atoms with Crippen LogP contribution in [0.3, 0.4) is 0 Å². The van der Waals surface area contributed by atoms with Gasteiger partial charge in [0.1, 0.15) is 5.75 Å². The molecule has 4 N–H and O–H groups in total. The van der Waals surface area contributed by atoms with Crippen LogP contribution in [0.2, 0.25) is 0 Å². The normalized spacial score (nSPS) is 21.0. The first-order chi connectivity index (χ1) is 10.1. The molecule has 0 bridgehead atoms. The van der Waals surface area contributed by atoms with Gasteiger partial charge in [-0.05, 0) is 31.0 Å². The molecule has 1 saturated heterocycles. The first-order valence-corrected chi connectivity index (χ1v) is 7.12. The Morgan fingerprint density at radius 2 is 2.19 bits per heavy atom. The van der Waals surface area contributed by atoms with E-state index in [1.807, 2.05) is 12.1 Å². The van der Waals surface area contributed by atoms with Crippen molar-refractivity contribution < 1.29 is 14.3 Å². The highest BCUT2D eigenvalue weighted by molar-refractivity contribution is 5.96. The molecule has 0 radical (unpaired) electrons. The third-order valence-corrected chi connectivity index (χ3v) is 3.57. The Kier molecular flexibility index (Phi) is 5.16. The zero-order valence-corrected chi connectivity index (χ0v) is 12.1. The van der Waals surface area contributed by atoms with Crippen LogP contribution in [0.5, 0.6) is 5.75 Å². The summed E-state index contributed by atoms with van der Waals surface area (Å²) < 4.78 is 5.50. The molecule has 0 saturated carbocycles. The highest BCUT2D eigenvalue weighted by Crippen LogP contribution is 2.25. The van der Waals surface area contributed by atoms with Crippen LogP contribution < -0.4 is 21.1 Å². The molecule has 0 spiro atoms. The third kappa shape index (κ3) is 4.19. The Balaban J connectivity index is 1.99. The predicted molar refractivity (Wildman–Crippen MR) is 79.9 cm³/mol. The van der Waals surface area contributed by atoms with Gasteiger partial charge in [0.25, 0.3) is 0 Å². The highest BCUT2D eigenvalue weighted by atomic mass is 16.5. The summed E-state index contributed by atoms with van der Waals surface area (Å²) in [5.74, 6) is 0.372. The van der Waals surface area contributed by atoms with E-state index in [1.54, 1.807) is 12.1 Å². The van der Waals surface area contributed by atoms with Crippen LogP contribution in [0, 0.1) is 5.92 Å². The molecular formula is C15H21N3O3. The van der Waals surface area contributed by atoms with Gasteiger partial charge in [-0.1, -0.05) is 19.1 Å². The van der Waals surface area contributed by atoms with Gasteiger partial charge in [-0.15, -0.1) is 0 Å². The number of carbonyl (C=O) groups excluding carboxylic acids is 2. The second-order valence-electron chi connectivity index (χ2n) is 5.25. The van der Waals surface area contributed by atoms with Crippen molar-refractivity contribution in [3.05, 3.63) is 24.3 Å². The topological polar surface area (TPSA) is 93.4 Å². The second kappa shape index (κ2) is 7.08. The van der Waals surface area contributed by atoms with Crippen molar-refractivity contribution in [1.82, 2.24) is 5.32 Å². The molecule has 0 aliphatic carbocycles. The number of carbonyl (C=O) groups is 2. The summed E-state index contributed by atoms with van der Waals surface area (Å²) in [6.07, 6.45) is 1.14. The average Bonchev–Trinajstić information content (AvgIpc) is 2.86. The fourth-order valence-electron chi connectivity index (χ4n) is 2.35. The summed E-state index contributed by atoms with van der Waals surface area (Å²) in [6.45, 7) is 3.11. The quantitative estimate of drug-likeness (QED) is 0.725. The van der Waals surface area contributed by atoms with Gasteiger partial charge >= 0.3 is 0 Å². The smallest absolute Gasteiger partial charge is 0.241 e. The van der Waals surface area contributed by atoms with E-state index in [9.17, 15) is 9.59 Å². The SMILES string of the molecule is CC1CCNC1C(=O)Nc1ccccc1OCCC(N)=O. The lowest BCUT2D eigenvalue weighted by Crippen LogP contribution is -2.39. The third-order valence-electron chi connectivity index (χ3n) is 3.57. The molecule has 2 atom stereocenters. The van der Waals surface area contributed by atoms with Gasteiger partial charge in [-0.3, -0.25) is 9.59 Å². The lowest BCUT2D eigenvalue weighted by atomic mass is 10.0. The number of para-hydroxylation sites is 2. The summed E-state index contributed by atoms with van der Waals surface area (Å²) in [5.41, 5.74) is 5.68. The van der Waals surface area contributed by atoms with Crippen LogP contribution >= 0.6 is 0 Å². The Bertz CT molecular complexity index is 519. The van der Waals surface area contributed by atoms with E-state index in [0.717, 1.165) is 13.0 Å². The van der Waals surface area contributed by atoms with Gasteiger partial charge in [0.15, 0.2) is 0 Å². The van der Waals surface area contributed by atoms with Crippen molar-refractivity contribution in [2.24, 2.45) is 11.7 Å². The number of hydrogen-bond donors (Lipinski definition) is 3. The molecule has 114 valence electrons. The van der Waals surface area contributed by atoms with Gasteiger partial charge in [0, 0.05) is 0 Å². The summed E-state index contributed by atoms with van der Waals surface area (Å²) in [4.78, 5) is 23.0. The number of primary amides is 1. The van der Waals surface area contributed by atoms with Crippen molar-refractivity contribution in [3.63, 3.8) is 0 Å². The Hall–Kier alpha value is -2.08. The van der Waals surface area contributed by atoms with Crippen molar-refractivity contribution >= 4 is 17.5 Å². The minimum absolute atomic E-state index is 0.0639. The molecule has 6 heteroatoms. The number of nitrogens with two attached hydrogens (primary N) is 1. The van der Waals surface area contributed by atoms with Gasteiger partial charge in [-0.25, -0.2) is 0 Å². The number of anilines is 1. The molecule has 21 heavy (non-hydrogen) atoms. The molecule has 1 heterocycles. The lowest BCUT2D eigenvalue weighted by molar-refractivity contribution is -0.119. The van der Waals surface area contributed by atoms with E-state index in [-0.39, 0.29) is 25.0 Å². The summed E-state index contributed by atoms with van der Waals surface area (Å²) in [7, 11) is 0. The summed E-state index contributed by atoms with van der Waals surface area (Å²) in [6, 6.07) is 6.98. The molecule has 1 aromatic carbocycles. The largest absolute Gasteiger partial charge is 0.491 e. The van der Waals surface area contributed by atoms with E-state index in [2.05, 4.69) is 17.6 Å². The van der Waals surface area contributed by atoms with Crippen LogP contribution in [0.4, 0.5) is 5.69 Å². The molecule has 1 aliphatic rings. The summed E-state index contributed by atoms with van der Waals surface area (Å²) in [5, 5.41) is 6.07. The lowest BCUT2D eigenvalue weighted by Gasteiger charge is -2.17. The second-order valence-corrected chi connectivity index (χ2v) is 5.25. The molecule has 1 aliphatic heterocycles. The number of rotatable bonds is 6. The van der Waals surface area contributed by atoms with Gasteiger partial charge < -0.3 is 21.1 Å². The van der Waals surface area contributed by atoms with Crippen LogP contribution in [-0.4, -0.2) is 31.0 Å². The van der Waals surface area contributed by atoms with Crippen LogP contribution in [0.1, 0.15) is 19.8 Å². The predicted octanol–water partition coefficient (Wildman–Crippen LogP) is 0.877. The maximum atomic E-state index is 12.3. The van der Waals surface area contributed by atoms with Gasteiger partial charge in [0.2, 0.25) is 11.8 Å². The fourth-order valence-corrected chi connectivity index (χ4v) is 2.35. The van der Waals surface area contributed by atoms with Crippen LogP contribution in [0.15, 0.2) is 24.3 Å². The van der Waals surface area contributed by atoms with Crippen molar-refractivity contribution in [3.8, 4) is 5.75 Å². The monoisotopic (exact) mass is 291 g/mol. The molecule has 2 rings (SSSR count). The Morgan fingerprint density at radius 1 is 1.43 bits per heavy atom. The molecule has 2 amide bonds. The number of amides is 2. The fraction of sp³-hybridized carbons (Fsp3) is 0.467. The molecule has 0 aromatic heterocycles. The summed E-state index contributed by atoms with van der Waals surface area (Å²) >= 11 is 0. The highest BCUT2D eigenvalue weighted by Gasteiger charge is 2.29. The zero-order valence-electron chi connectivity index (χ0n) is 12.1. The van der Waals surface area contributed by atoms with Crippen molar-refractivity contribution in [2.45, 2.75) is 25.8 Å². The number of ether oxygens (including phenoxy) is 1. The van der Waals surface area contributed by atoms with E-state index in [1.165, 1.54) is 0 Å². The van der Waals surface area contributed by atoms with Crippen LogP contribution in [-0.2, 0) is 9.59 Å². The number of hydrogen-bond acceptors (Lipinski definition) is 4. The van der Waals surface area contributed by atoms with E-state index in [0.29, 0.717) is 17.4 Å². The molecule has 6 nitrogen and oxygen atoms in total. The molecule has 2 unspecified atom stereocenters. The first kappa shape index (κ1) is 15.3. The first-order valence-electron chi connectivity index (χ1n) is 7.12. The number of nitrogens with one attached hydrogen (secondary N) is 2. The van der Waals surface area contributed by atoms with Crippen molar-refractivity contribution in [1.29, 1.82) is 0 Å². The van der Waals surface area contributed by atoms with Crippen molar-refractivity contribution in [2.75, 3.05) is 18.5 Å². The maximum absolute atomic E-state index is 12.3. The standard InChI is InChI=1S/C15H21N3O3/c1-10-6-8-17-14(10)15(20)18-11-4-2-3-5-12(11)21-9-7-13(16)19/h2-5,10,14,17H,6-9H2,1H3,(H2,16,19)(H,18,20). The van der Waals surface area contributed by atoms with E-state index >= 15 is 0 Å². The van der Waals surface area contributed by atoms with E-state index in [4.69, 9.17) is 10.5 Å². The van der Waals surface area contributed by atoms with E-state index < -0.39 is 5.91 Å². The molecule has 1 aromatic rings. The maximum Gasteiger partial charge on any atom is 0.241 e. The Morgan fingerprint density at radius 3 is 2.86 bits per heavy atom. The Labute approximate surface area is 124 Å².